The number of aliphatic hydroxyl groups excluding tert-OH is 1. The summed E-state index contributed by atoms with van der Waals surface area (Å²) in [5.74, 6) is -2.39. The fourth-order valence-corrected chi connectivity index (χ4v) is 6.68. The van der Waals surface area contributed by atoms with Crippen LogP contribution in [0.1, 0.15) is 12.1 Å². The minimum absolute atomic E-state index is 0.0391. The number of aliphatic carboxylic acids is 1. The highest BCUT2D eigenvalue weighted by Gasteiger charge is 2.55. The molecule has 0 bridgehead atoms. The summed E-state index contributed by atoms with van der Waals surface area (Å²) in [6.07, 6.45) is 1.65. The quantitative estimate of drug-likeness (QED) is 0.0542. The summed E-state index contributed by atoms with van der Waals surface area (Å²) in [6.45, 7) is 3.34. The average Bonchev–Trinajstić information content (AvgIpc) is 3.55. The van der Waals surface area contributed by atoms with Crippen LogP contribution in [-0.4, -0.2) is 99.8 Å². The molecule has 0 saturated carbocycles. The lowest BCUT2D eigenvalue weighted by Crippen LogP contribution is -2.71. The van der Waals surface area contributed by atoms with Crippen LogP contribution in [0.2, 0.25) is 0 Å². The predicted octanol–water partition coefficient (Wildman–Crippen LogP) is -0.573. The molecule has 1 fully saturated rings. The van der Waals surface area contributed by atoms with Gasteiger partial charge in [-0.25, -0.2) is 9.78 Å². The molecule has 1 saturated heterocycles. The molecule has 0 aliphatic carbocycles. The Morgan fingerprint density at radius 3 is 2.95 bits per heavy atom. The highest BCUT2D eigenvalue weighted by Crippen LogP contribution is 2.44. The van der Waals surface area contributed by atoms with Crippen molar-refractivity contribution in [3.63, 3.8) is 0 Å². The zero-order valence-corrected chi connectivity index (χ0v) is 21.4. The molecule has 2 aliphatic heterocycles. The van der Waals surface area contributed by atoms with Gasteiger partial charge < -0.3 is 26.1 Å². The maximum Gasteiger partial charge on any atom is 0.352 e. The SMILES string of the molecule is C=CCON=C(C(=O)NC1C(=O)N2C(C(=O)O)=C(C(CCO)Sc3nn[nH]n3)CS[C@@H]12)c1csc(N)n1. The van der Waals surface area contributed by atoms with Crippen molar-refractivity contribution in [1.29, 1.82) is 0 Å². The normalized spacial score (nSPS) is 20.2. The number of aliphatic hydroxyl groups is 1. The Morgan fingerprint density at radius 2 is 2.32 bits per heavy atom. The molecule has 3 atom stereocenters. The van der Waals surface area contributed by atoms with Crippen LogP contribution < -0.4 is 11.1 Å². The number of carboxylic acids is 1. The number of hydrogen-bond acceptors (Lipinski definition) is 14. The van der Waals surface area contributed by atoms with Gasteiger partial charge >= 0.3 is 5.97 Å². The summed E-state index contributed by atoms with van der Waals surface area (Å²) in [7, 11) is 0. The van der Waals surface area contributed by atoms with Crippen molar-refractivity contribution < 1.29 is 29.4 Å². The number of tetrazole rings is 1. The Hall–Kier alpha value is -3.48. The first-order chi connectivity index (χ1) is 17.8. The molecule has 2 aromatic heterocycles. The molecular weight excluding hydrogens is 546 g/mol. The summed E-state index contributed by atoms with van der Waals surface area (Å²) >= 11 is 3.52. The van der Waals surface area contributed by atoms with E-state index in [4.69, 9.17) is 10.6 Å². The number of thioether (sulfide) groups is 2. The third kappa shape index (κ3) is 5.60. The van der Waals surface area contributed by atoms with E-state index in [0.717, 1.165) is 28.0 Å². The number of carbonyl (C=O) groups is 3. The third-order valence-electron chi connectivity index (χ3n) is 5.17. The Balaban J connectivity index is 1.55. The van der Waals surface area contributed by atoms with Crippen molar-refractivity contribution in [2.45, 2.75) is 28.2 Å². The molecule has 4 rings (SSSR count). The number of hydrogen-bond donors (Lipinski definition) is 5. The number of carboxylic acid groups (broad SMARTS) is 1. The predicted molar refractivity (Wildman–Crippen MR) is 134 cm³/mol. The fraction of sp³-hybridized carbons (Fsp3) is 0.368. The molecule has 0 radical (unpaired) electrons. The number of aromatic amines is 1. The number of anilines is 1. The second kappa shape index (κ2) is 11.7. The maximum atomic E-state index is 13.1. The van der Waals surface area contributed by atoms with Crippen LogP contribution in [-0.2, 0) is 19.2 Å². The average molecular weight is 568 g/mol. The Bertz CT molecular complexity index is 1250. The second-order valence-corrected chi connectivity index (χ2v) is 10.6. The van der Waals surface area contributed by atoms with Crippen LogP contribution in [0.25, 0.3) is 0 Å². The number of H-pyrrole nitrogens is 1. The van der Waals surface area contributed by atoms with E-state index in [1.807, 2.05) is 0 Å². The standard InChI is InChI=1S/C19H21N9O6S3/c1-2-5-34-25-11(9-7-36-18(20)21-9)14(30)22-12-15(31)28-13(17(32)33)8(6-35-16(12)28)10(3-4-29)37-19-23-26-27-24-19/h2,7,10,12,16,29H,1,3-6H2,(H2,20,21)(H,22,30)(H,32,33)(H,23,24,26,27)/t10?,12?,16-/m0/s1. The zero-order chi connectivity index (χ0) is 26.5. The number of aromatic nitrogens is 5. The van der Waals surface area contributed by atoms with Gasteiger partial charge in [0.05, 0.1) is 0 Å². The number of nitrogens with one attached hydrogen (secondary N) is 2. The Kier molecular flexibility index (Phi) is 8.41. The molecule has 2 unspecified atom stereocenters. The maximum absolute atomic E-state index is 13.1. The van der Waals surface area contributed by atoms with E-state index < -0.39 is 34.4 Å². The molecule has 2 amide bonds. The van der Waals surface area contributed by atoms with Gasteiger partial charge in [0.2, 0.25) is 5.16 Å². The lowest BCUT2D eigenvalue weighted by atomic mass is 10.00. The van der Waals surface area contributed by atoms with Crippen molar-refractivity contribution in [2.24, 2.45) is 5.16 Å². The third-order valence-corrected chi connectivity index (χ3v) is 8.33. The van der Waals surface area contributed by atoms with Crippen molar-refractivity contribution >= 4 is 63.5 Å². The van der Waals surface area contributed by atoms with Crippen molar-refractivity contribution in [2.75, 3.05) is 24.7 Å². The van der Waals surface area contributed by atoms with Gasteiger partial charge in [0, 0.05) is 23.0 Å². The van der Waals surface area contributed by atoms with Crippen molar-refractivity contribution in [3.8, 4) is 0 Å². The number of nitrogen functional groups attached to an aromatic ring is 1. The van der Waals surface area contributed by atoms with Crippen LogP contribution in [0, 0.1) is 0 Å². The van der Waals surface area contributed by atoms with Crippen LogP contribution in [0.4, 0.5) is 5.13 Å². The lowest BCUT2D eigenvalue weighted by molar-refractivity contribution is -0.150. The van der Waals surface area contributed by atoms with E-state index in [9.17, 15) is 24.6 Å². The molecule has 15 nitrogen and oxygen atoms in total. The first-order valence-corrected chi connectivity index (χ1v) is 13.4. The highest BCUT2D eigenvalue weighted by molar-refractivity contribution is 8.01. The van der Waals surface area contributed by atoms with E-state index >= 15 is 0 Å². The van der Waals surface area contributed by atoms with E-state index in [1.165, 1.54) is 23.2 Å². The number of rotatable bonds is 12. The van der Waals surface area contributed by atoms with Gasteiger partial charge in [-0.2, -0.15) is 5.21 Å². The molecule has 0 aromatic carbocycles. The number of carbonyl (C=O) groups excluding carboxylic acids is 2. The Morgan fingerprint density at radius 1 is 1.51 bits per heavy atom. The molecular formula is C19H21N9O6S3. The lowest BCUT2D eigenvalue weighted by Gasteiger charge is -2.50. The van der Waals surface area contributed by atoms with E-state index in [0.29, 0.717) is 5.57 Å². The van der Waals surface area contributed by atoms with Crippen molar-refractivity contribution in [1.82, 2.24) is 35.8 Å². The molecule has 0 spiro atoms. The molecule has 196 valence electrons. The van der Waals surface area contributed by atoms with Gasteiger partial charge in [0.25, 0.3) is 11.8 Å². The number of amides is 2. The van der Waals surface area contributed by atoms with Crippen LogP contribution in [0.5, 0.6) is 0 Å². The van der Waals surface area contributed by atoms with Gasteiger partial charge in [0.1, 0.15) is 29.4 Å². The van der Waals surface area contributed by atoms with Crippen LogP contribution in [0.15, 0.2) is 39.6 Å². The molecule has 4 heterocycles. The number of oxime groups is 1. The molecule has 2 aromatic rings. The zero-order valence-electron chi connectivity index (χ0n) is 18.9. The van der Waals surface area contributed by atoms with E-state index in [-0.39, 0.29) is 52.8 Å². The number of β-lactam (4-membered cyclic amide) rings is 1. The number of nitrogens with two attached hydrogens (primary N) is 1. The smallest absolute Gasteiger partial charge is 0.352 e. The molecule has 6 N–H and O–H groups in total. The van der Waals surface area contributed by atoms with Crippen LogP contribution >= 0.6 is 34.9 Å². The van der Waals surface area contributed by atoms with Gasteiger partial charge in [0.15, 0.2) is 10.8 Å². The van der Waals surface area contributed by atoms with Gasteiger partial charge in [-0.15, -0.1) is 33.3 Å². The van der Waals surface area contributed by atoms with E-state index in [1.54, 1.807) is 0 Å². The van der Waals surface area contributed by atoms with Gasteiger partial charge in [-0.05, 0) is 17.2 Å². The minimum Gasteiger partial charge on any atom is -0.477 e. The van der Waals surface area contributed by atoms with Gasteiger partial charge in [-0.1, -0.05) is 29.6 Å². The number of fused-ring (bicyclic) bond motifs is 1. The first kappa shape index (κ1) is 26.6. The monoisotopic (exact) mass is 567 g/mol. The second-order valence-electron chi connectivity index (χ2n) is 7.45. The van der Waals surface area contributed by atoms with Gasteiger partial charge in [-0.3, -0.25) is 14.5 Å². The largest absolute Gasteiger partial charge is 0.477 e. The van der Waals surface area contributed by atoms with Crippen LogP contribution in [0.3, 0.4) is 0 Å². The fourth-order valence-electron chi connectivity index (χ4n) is 3.61. The molecule has 37 heavy (non-hydrogen) atoms. The minimum atomic E-state index is -1.30. The topological polar surface area (TPSA) is 222 Å². The summed E-state index contributed by atoms with van der Waals surface area (Å²) in [4.78, 5) is 48.6. The highest BCUT2D eigenvalue weighted by atomic mass is 32.2. The van der Waals surface area contributed by atoms with Crippen molar-refractivity contribution in [3.05, 3.63) is 35.0 Å². The van der Waals surface area contributed by atoms with E-state index in [2.05, 4.69) is 42.7 Å². The number of nitrogens with zero attached hydrogens (tertiary/aromatic N) is 6. The number of thiazole rings is 1. The molecule has 2 aliphatic rings. The summed E-state index contributed by atoms with van der Waals surface area (Å²) in [6, 6.07) is -1.00. The summed E-state index contributed by atoms with van der Waals surface area (Å²) < 4.78 is 0. The molecule has 18 heteroatoms. The Labute approximate surface area is 221 Å². The first-order valence-electron chi connectivity index (χ1n) is 10.6. The summed E-state index contributed by atoms with van der Waals surface area (Å²) in [5.41, 5.74) is 5.91. The summed E-state index contributed by atoms with van der Waals surface area (Å²) in [5, 5.41) is 40.3.